The summed E-state index contributed by atoms with van der Waals surface area (Å²) in [5.74, 6) is 0.351. The van der Waals surface area contributed by atoms with Crippen LogP contribution >= 0.6 is 11.8 Å². The maximum Gasteiger partial charge on any atom is 0.319 e. The van der Waals surface area contributed by atoms with Gasteiger partial charge in [0.2, 0.25) is 5.91 Å². The first-order valence-electron chi connectivity index (χ1n) is 5.54. The Balaban J connectivity index is 1.72. The maximum atomic E-state index is 11.8. The van der Waals surface area contributed by atoms with Crippen molar-refractivity contribution >= 4 is 23.6 Å². The molecule has 6 heteroatoms. The van der Waals surface area contributed by atoms with E-state index in [0.717, 1.165) is 32.6 Å². The second kappa shape index (κ2) is 5.54. The van der Waals surface area contributed by atoms with Gasteiger partial charge in [-0.15, -0.1) is 11.8 Å². The Morgan fingerprint density at radius 3 is 2.88 bits per heavy atom. The normalized spacial score (nSPS) is 25.6. The molecular weight excluding hydrogens is 228 g/mol. The lowest BCUT2D eigenvalue weighted by Gasteiger charge is -2.27. The predicted octanol–water partition coefficient (Wildman–Crippen LogP) is -0.533. The Bertz CT molecular complexity index is 279. The molecule has 2 aliphatic heterocycles. The average Bonchev–Trinajstić information content (AvgIpc) is 2.73. The van der Waals surface area contributed by atoms with Crippen molar-refractivity contribution in [2.24, 2.45) is 0 Å². The highest BCUT2D eigenvalue weighted by molar-refractivity contribution is 8.01. The lowest BCUT2D eigenvalue weighted by Crippen LogP contribution is -2.47. The van der Waals surface area contributed by atoms with Crippen LogP contribution in [0.4, 0.5) is 0 Å². The number of amides is 1. The molecule has 0 aliphatic carbocycles. The van der Waals surface area contributed by atoms with Crippen LogP contribution in [0.1, 0.15) is 6.42 Å². The highest BCUT2D eigenvalue weighted by atomic mass is 32.2. The Kier molecular flexibility index (Phi) is 4.06. The summed E-state index contributed by atoms with van der Waals surface area (Å²) < 4.78 is 4.85. The van der Waals surface area contributed by atoms with Gasteiger partial charge in [0.15, 0.2) is 0 Å². The van der Waals surface area contributed by atoms with Gasteiger partial charge in [-0.3, -0.25) is 9.59 Å². The lowest BCUT2D eigenvalue weighted by molar-refractivity contribution is -0.137. The van der Waals surface area contributed by atoms with Crippen molar-refractivity contribution in [3.05, 3.63) is 0 Å². The average molecular weight is 244 g/mol. The number of carbonyl (C=O) groups is 2. The predicted molar refractivity (Wildman–Crippen MR) is 61.3 cm³/mol. The van der Waals surface area contributed by atoms with Crippen molar-refractivity contribution < 1.29 is 14.3 Å². The van der Waals surface area contributed by atoms with E-state index in [0.29, 0.717) is 12.4 Å². The van der Waals surface area contributed by atoms with Crippen LogP contribution in [0.15, 0.2) is 0 Å². The molecule has 90 valence electrons. The molecule has 16 heavy (non-hydrogen) atoms. The van der Waals surface area contributed by atoms with Crippen LogP contribution in [0.25, 0.3) is 0 Å². The topological polar surface area (TPSA) is 58.6 Å². The summed E-state index contributed by atoms with van der Waals surface area (Å²) >= 11 is 1.41. The SMILES string of the molecule is O=C1OCCC1SCC(=O)N1CCNCC1. The van der Waals surface area contributed by atoms with Crippen LogP contribution < -0.4 is 5.32 Å². The van der Waals surface area contributed by atoms with Crippen LogP contribution in [-0.2, 0) is 14.3 Å². The molecule has 2 aliphatic rings. The van der Waals surface area contributed by atoms with Crippen LogP contribution in [0, 0.1) is 0 Å². The number of piperazine rings is 1. The van der Waals surface area contributed by atoms with Crippen molar-refractivity contribution in [2.75, 3.05) is 38.5 Å². The molecule has 1 atom stereocenters. The number of nitrogens with zero attached hydrogens (tertiary/aromatic N) is 1. The first kappa shape index (κ1) is 11.7. The zero-order chi connectivity index (χ0) is 11.4. The summed E-state index contributed by atoms with van der Waals surface area (Å²) in [5, 5.41) is 3.07. The standard InChI is InChI=1S/C10H16N2O3S/c13-9(12-4-2-11-3-5-12)7-16-8-1-6-15-10(8)14/h8,11H,1-7H2. The molecule has 0 bridgehead atoms. The summed E-state index contributed by atoms with van der Waals surface area (Å²) in [6.07, 6.45) is 0.734. The Labute approximate surface area is 98.9 Å². The van der Waals surface area contributed by atoms with E-state index in [9.17, 15) is 9.59 Å². The van der Waals surface area contributed by atoms with E-state index in [2.05, 4.69) is 5.32 Å². The molecule has 1 unspecified atom stereocenters. The number of thioether (sulfide) groups is 1. The van der Waals surface area contributed by atoms with Gasteiger partial charge in [0, 0.05) is 32.6 Å². The minimum atomic E-state index is -0.168. The molecule has 5 nitrogen and oxygen atoms in total. The quantitative estimate of drug-likeness (QED) is 0.676. The Hall–Kier alpha value is -0.750. The van der Waals surface area contributed by atoms with Gasteiger partial charge < -0.3 is 15.0 Å². The molecule has 2 heterocycles. The first-order valence-corrected chi connectivity index (χ1v) is 6.59. The Morgan fingerprint density at radius 1 is 1.50 bits per heavy atom. The van der Waals surface area contributed by atoms with E-state index in [1.165, 1.54) is 11.8 Å². The number of esters is 1. The van der Waals surface area contributed by atoms with Gasteiger partial charge in [0.25, 0.3) is 0 Å². The van der Waals surface area contributed by atoms with E-state index in [1.54, 1.807) is 0 Å². The van der Waals surface area contributed by atoms with E-state index in [-0.39, 0.29) is 17.1 Å². The molecule has 1 amide bonds. The molecule has 0 radical (unpaired) electrons. The smallest absolute Gasteiger partial charge is 0.319 e. The summed E-state index contributed by atoms with van der Waals surface area (Å²) in [6, 6.07) is 0. The third kappa shape index (κ3) is 2.89. The zero-order valence-corrected chi connectivity index (χ0v) is 9.92. The number of hydrogen-bond acceptors (Lipinski definition) is 5. The Morgan fingerprint density at radius 2 is 2.25 bits per heavy atom. The molecule has 0 aromatic rings. The minimum absolute atomic E-state index is 0.131. The van der Waals surface area contributed by atoms with E-state index < -0.39 is 0 Å². The van der Waals surface area contributed by atoms with Gasteiger partial charge in [0.1, 0.15) is 5.25 Å². The summed E-state index contributed by atoms with van der Waals surface area (Å²) in [7, 11) is 0. The van der Waals surface area contributed by atoms with E-state index >= 15 is 0 Å². The molecule has 0 spiro atoms. The van der Waals surface area contributed by atoms with Crippen molar-refractivity contribution in [1.82, 2.24) is 10.2 Å². The van der Waals surface area contributed by atoms with E-state index in [1.807, 2.05) is 4.90 Å². The van der Waals surface area contributed by atoms with E-state index in [4.69, 9.17) is 4.74 Å². The van der Waals surface area contributed by atoms with Crippen molar-refractivity contribution in [3.8, 4) is 0 Å². The van der Waals surface area contributed by atoms with Crippen LogP contribution in [-0.4, -0.2) is 60.6 Å². The fourth-order valence-corrected chi connectivity index (χ4v) is 2.80. The number of rotatable bonds is 3. The zero-order valence-electron chi connectivity index (χ0n) is 9.11. The van der Waals surface area contributed by atoms with Crippen LogP contribution in [0.5, 0.6) is 0 Å². The van der Waals surface area contributed by atoms with Gasteiger partial charge >= 0.3 is 5.97 Å². The van der Waals surface area contributed by atoms with Gasteiger partial charge in [0.05, 0.1) is 12.4 Å². The lowest BCUT2D eigenvalue weighted by atomic mass is 10.3. The summed E-state index contributed by atoms with van der Waals surface area (Å²) in [5.41, 5.74) is 0. The molecular formula is C10H16N2O3S. The molecule has 2 fully saturated rings. The fourth-order valence-electron chi connectivity index (χ4n) is 1.81. The fraction of sp³-hybridized carbons (Fsp3) is 0.800. The van der Waals surface area contributed by atoms with Gasteiger partial charge in [-0.25, -0.2) is 0 Å². The molecule has 2 rings (SSSR count). The maximum absolute atomic E-state index is 11.8. The second-order valence-corrected chi connectivity index (χ2v) is 5.08. The molecule has 1 N–H and O–H groups in total. The van der Waals surface area contributed by atoms with Gasteiger partial charge in [-0.2, -0.15) is 0 Å². The van der Waals surface area contributed by atoms with Crippen molar-refractivity contribution in [1.29, 1.82) is 0 Å². The molecule has 0 aromatic heterocycles. The first-order chi connectivity index (χ1) is 7.77. The highest BCUT2D eigenvalue weighted by Gasteiger charge is 2.28. The molecule has 0 saturated carbocycles. The number of cyclic esters (lactones) is 1. The number of hydrogen-bond donors (Lipinski definition) is 1. The third-order valence-corrected chi connectivity index (χ3v) is 4.01. The largest absolute Gasteiger partial charge is 0.465 e. The summed E-state index contributed by atoms with van der Waals surface area (Å²) in [4.78, 5) is 24.8. The monoisotopic (exact) mass is 244 g/mol. The summed E-state index contributed by atoms with van der Waals surface area (Å²) in [6.45, 7) is 3.77. The number of carbonyl (C=O) groups excluding carboxylic acids is 2. The number of nitrogens with one attached hydrogen (secondary N) is 1. The van der Waals surface area contributed by atoms with Crippen LogP contribution in [0.2, 0.25) is 0 Å². The highest BCUT2D eigenvalue weighted by Crippen LogP contribution is 2.21. The van der Waals surface area contributed by atoms with Gasteiger partial charge in [-0.05, 0) is 0 Å². The molecule has 0 aromatic carbocycles. The second-order valence-electron chi connectivity index (χ2n) is 3.89. The molecule has 2 saturated heterocycles. The van der Waals surface area contributed by atoms with Gasteiger partial charge in [-0.1, -0.05) is 0 Å². The third-order valence-electron chi connectivity index (χ3n) is 2.76. The minimum Gasteiger partial charge on any atom is -0.465 e. The van der Waals surface area contributed by atoms with Crippen molar-refractivity contribution in [2.45, 2.75) is 11.7 Å². The van der Waals surface area contributed by atoms with Crippen LogP contribution in [0.3, 0.4) is 0 Å². The van der Waals surface area contributed by atoms with Crippen molar-refractivity contribution in [3.63, 3.8) is 0 Å². The number of ether oxygens (including phenoxy) is 1.